The maximum absolute atomic E-state index is 12.9. The first-order valence-electron chi connectivity index (χ1n) is 7.13. The van der Waals surface area contributed by atoms with Crippen molar-refractivity contribution >= 4 is 6.21 Å². The van der Waals surface area contributed by atoms with Crippen LogP contribution in [0.15, 0.2) is 58.2 Å². The van der Waals surface area contributed by atoms with Crippen molar-refractivity contribution < 1.29 is 18.5 Å². The second-order valence-corrected chi connectivity index (χ2v) is 4.77. The van der Waals surface area contributed by atoms with Crippen LogP contribution in [-0.4, -0.2) is 23.5 Å². The summed E-state index contributed by atoms with van der Waals surface area (Å²) in [5, 5.41) is 7.68. The van der Waals surface area contributed by atoms with Gasteiger partial charge in [-0.2, -0.15) is 4.98 Å². The van der Waals surface area contributed by atoms with Crippen LogP contribution in [-0.2, 0) is 11.4 Å². The average molecular weight is 327 g/mol. The molecule has 1 aromatic heterocycles. The van der Waals surface area contributed by atoms with Gasteiger partial charge in [-0.1, -0.05) is 22.4 Å². The van der Waals surface area contributed by atoms with Crippen LogP contribution in [0.1, 0.15) is 11.5 Å². The summed E-state index contributed by atoms with van der Waals surface area (Å²) in [6.45, 7) is 0.0276. The molecule has 3 rings (SSSR count). The largest absolute Gasteiger partial charge is 0.496 e. The van der Waals surface area contributed by atoms with Gasteiger partial charge in [0.15, 0.2) is 6.61 Å². The number of halogens is 1. The molecule has 0 aliphatic rings. The zero-order valence-corrected chi connectivity index (χ0v) is 12.8. The van der Waals surface area contributed by atoms with Gasteiger partial charge in [-0.3, -0.25) is 0 Å². The number of nitrogens with zero attached hydrogens (tertiary/aromatic N) is 3. The molecule has 0 spiro atoms. The summed E-state index contributed by atoms with van der Waals surface area (Å²) in [6, 6.07) is 13.2. The maximum Gasteiger partial charge on any atom is 0.267 e. The monoisotopic (exact) mass is 327 g/mol. The van der Waals surface area contributed by atoms with Crippen molar-refractivity contribution in [3.63, 3.8) is 0 Å². The number of benzene rings is 2. The highest BCUT2D eigenvalue weighted by Gasteiger charge is 2.09. The van der Waals surface area contributed by atoms with Crippen LogP contribution in [0.3, 0.4) is 0 Å². The molecular weight excluding hydrogens is 313 g/mol. The third-order valence-corrected chi connectivity index (χ3v) is 3.16. The Balaban J connectivity index is 1.59. The Morgan fingerprint density at radius 2 is 1.96 bits per heavy atom. The molecule has 0 fully saturated rings. The smallest absolute Gasteiger partial charge is 0.267 e. The van der Waals surface area contributed by atoms with Crippen LogP contribution in [0.4, 0.5) is 4.39 Å². The van der Waals surface area contributed by atoms with Crippen molar-refractivity contribution in [3.8, 4) is 17.1 Å². The summed E-state index contributed by atoms with van der Waals surface area (Å²) in [7, 11) is 1.59. The van der Waals surface area contributed by atoms with E-state index < -0.39 is 0 Å². The van der Waals surface area contributed by atoms with Gasteiger partial charge in [0.1, 0.15) is 11.6 Å². The molecule has 6 nitrogen and oxygen atoms in total. The highest BCUT2D eigenvalue weighted by Crippen LogP contribution is 2.17. The van der Waals surface area contributed by atoms with Crippen molar-refractivity contribution in [1.29, 1.82) is 0 Å². The van der Waals surface area contributed by atoms with E-state index in [1.54, 1.807) is 19.2 Å². The van der Waals surface area contributed by atoms with Gasteiger partial charge in [-0.25, -0.2) is 4.39 Å². The first kappa shape index (κ1) is 15.7. The van der Waals surface area contributed by atoms with E-state index in [4.69, 9.17) is 14.1 Å². The summed E-state index contributed by atoms with van der Waals surface area (Å²) in [5.41, 5.74) is 1.45. The lowest BCUT2D eigenvalue weighted by molar-refractivity contribution is 0.107. The van der Waals surface area contributed by atoms with Gasteiger partial charge in [-0.05, 0) is 36.4 Å². The van der Waals surface area contributed by atoms with Crippen LogP contribution < -0.4 is 4.74 Å². The number of oxime groups is 1. The third kappa shape index (κ3) is 3.75. The standard InChI is InChI=1S/C17H14FN3O3/c1-22-15-5-3-2-4-13(15)10-19-23-11-16-20-17(21-24-16)12-6-8-14(18)9-7-12/h2-10H,11H2,1H3/b19-10-. The number of ether oxygens (including phenoxy) is 1. The fraction of sp³-hybridized carbons (Fsp3) is 0.118. The Labute approximate surface area is 137 Å². The first-order chi connectivity index (χ1) is 11.8. The second kappa shape index (κ2) is 7.36. The average Bonchev–Trinajstić information content (AvgIpc) is 3.08. The highest BCUT2D eigenvalue weighted by atomic mass is 19.1. The number of hydrogen-bond acceptors (Lipinski definition) is 6. The summed E-state index contributed by atoms with van der Waals surface area (Å²) in [6.07, 6.45) is 1.54. The molecule has 122 valence electrons. The molecule has 0 aliphatic heterocycles. The molecule has 0 amide bonds. The van der Waals surface area contributed by atoms with E-state index in [1.807, 2.05) is 24.3 Å². The van der Waals surface area contributed by atoms with Gasteiger partial charge in [0.05, 0.1) is 13.3 Å². The maximum atomic E-state index is 12.9. The topological polar surface area (TPSA) is 69.7 Å². The predicted molar refractivity (Wildman–Crippen MR) is 85.1 cm³/mol. The van der Waals surface area contributed by atoms with E-state index in [0.717, 1.165) is 5.56 Å². The van der Waals surface area contributed by atoms with E-state index in [1.165, 1.54) is 18.3 Å². The van der Waals surface area contributed by atoms with Crippen molar-refractivity contribution in [2.24, 2.45) is 5.16 Å². The number of para-hydroxylation sites is 1. The number of aromatic nitrogens is 2. The molecule has 7 heteroatoms. The van der Waals surface area contributed by atoms with E-state index in [2.05, 4.69) is 15.3 Å². The Morgan fingerprint density at radius 3 is 2.75 bits per heavy atom. The molecule has 24 heavy (non-hydrogen) atoms. The van der Waals surface area contributed by atoms with Crippen molar-refractivity contribution in [3.05, 3.63) is 65.8 Å². The summed E-state index contributed by atoms with van der Waals surface area (Å²) >= 11 is 0. The molecule has 0 unspecified atom stereocenters. The minimum Gasteiger partial charge on any atom is -0.496 e. The molecule has 0 aliphatic carbocycles. The van der Waals surface area contributed by atoms with Crippen molar-refractivity contribution in [2.75, 3.05) is 7.11 Å². The van der Waals surface area contributed by atoms with Crippen LogP contribution in [0.5, 0.6) is 5.75 Å². The van der Waals surface area contributed by atoms with Crippen molar-refractivity contribution in [2.45, 2.75) is 6.61 Å². The number of rotatable bonds is 6. The fourth-order valence-corrected chi connectivity index (χ4v) is 1.99. The molecule has 3 aromatic rings. The van der Waals surface area contributed by atoms with Crippen LogP contribution in [0.25, 0.3) is 11.4 Å². The van der Waals surface area contributed by atoms with Gasteiger partial charge in [0.2, 0.25) is 5.82 Å². The van der Waals surface area contributed by atoms with E-state index in [-0.39, 0.29) is 18.3 Å². The van der Waals surface area contributed by atoms with Gasteiger partial charge in [0.25, 0.3) is 5.89 Å². The zero-order valence-electron chi connectivity index (χ0n) is 12.8. The minimum atomic E-state index is -0.323. The Morgan fingerprint density at radius 1 is 1.17 bits per heavy atom. The molecule has 1 heterocycles. The highest BCUT2D eigenvalue weighted by molar-refractivity contribution is 5.82. The summed E-state index contributed by atoms with van der Waals surface area (Å²) in [5.74, 6) is 1.01. The van der Waals surface area contributed by atoms with Crippen LogP contribution in [0, 0.1) is 5.82 Å². The van der Waals surface area contributed by atoms with Gasteiger partial charge < -0.3 is 14.1 Å². The molecule has 0 saturated carbocycles. The molecule has 2 aromatic carbocycles. The van der Waals surface area contributed by atoms with E-state index >= 15 is 0 Å². The van der Waals surface area contributed by atoms with Gasteiger partial charge in [-0.15, -0.1) is 0 Å². The minimum absolute atomic E-state index is 0.0276. The van der Waals surface area contributed by atoms with E-state index in [9.17, 15) is 4.39 Å². The lowest BCUT2D eigenvalue weighted by Crippen LogP contribution is -1.92. The Kier molecular flexibility index (Phi) is 4.81. The predicted octanol–water partition coefficient (Wildman–Crippen LogP) is 3.44. The lowest BCUT2D eigenvalue weighted by atomic mass is 10.2. The molecule has 0 bridgehead atoms. The third-order valence-electron chi connectivity index (χ3n) is 3.16. The normalized spacial score (nSPS) is 10.9. The molecule has 0 atom stereocenters. The zero-order chi connectivity index (χ0) is 16.8. The number of hydrogen-bond donors (Lipinski definition) is 0. The Hall–Kier alpha value is -3.22. The van der Waals surface area contributed by atoms with E-state index in [0.29, 0.717) is 17.1 Å². The van der Waals surface area contributed by atoms with Gasteiger partial charge >= 0.3 is 0 Å². The first-order valence-corrected chi connectivity index (χ1v) is 7.13. The second-order valence-electron chi connectivity index (χ2n) is 4.77. The number of methoxy groups -OCH3 is 1. The summed E-state index contributed by atoms with van der Waals surface area (Å²) in [4.78, 5) is 9.31. The molecule has 0 N–H and O–H groups in total. The van der Waals surface area contributed by atoms with Gasteiger partial charge in [0, 0.05) is 11.1 Å². The molecular formula is C17H14FN3O3. The lowest BCUT2D eigenvalue weighted by Gasteiger charge is -2.02. The van der Waals surface area contributed by atoms with Crippen molar-refractivity contribution in [1.82, 2.24) is 10.1 Å². The Bertz CT molecular complexity index is 831. The fourth-order valence-electron chi connectivity index (χ4n) is 1.99. The molecule has 0 saturated heterocycles. The van der Waals surface area contributed by atoms with Crippen LogP contribution >= 0.6 is 0 Å². The molecule has 0 radical (unpaired) electrons. The van der Waals surface area contributed by atoms with Crippen LogP contribution in [0.2, 0.25) is 0 Å². The summed E-state index contributed by atoms with van der Waals surface area (Å²) < 4.78 is 23.2. The SMILES string of the molecule is COc1ccccc1/C=N\OCc1nc(-c2ccc(F)cc2)no1. The quantitative estimate of drug-likeness (QED) is 0.512.